The lowest BCUT2D eigenvalue weighted by Crippen LogP contribution is -2.05. The van der Waals surface area contributed by atoms with Crippen molar-refractivity contribution in [3.8, 4) is 6.07 Å². The maximum atomic E-state index is 9.50. The summed E-state index contributed by atoms with van der Waals surface area (Å²) in [5.74, 6) is 1.59. The second-order valence-corrected chi connectivity index (χ2v) is 6.06. The number of hydrogen-bond donors (Lipinski definition) is 0. The van der Waals surface area contributed by atoms with Crippen molar-refractivity contribution < 1.29 is 0 Å². The average Bonchev–Trinajstić information content (AvgIpc) is 2.77. The minimum Gasteiger partial charge on any atom is -0.310 e. The van der Waals surface area contributed by atoms with Crippen molar-refractivity contribution in [3.63, 3.8) is 0 Å². The highest BCUT2D eigenvalue weighted by atomic mass is 35.5. The molecule has 0 N–H and O–H groups in total. The largest absolute Gasteiger partial charge is 0.310 e. The van der Waals surface area contributed by atoms with Gasteiger partial charge in [0.15, 0.2) is 5.82 Å². The first kappa shape index (κ1) is 15.1. The molecule has 0 aliphatic carbocycles. The summed E-state index contributed by atoms with van der Waals surface area (Å²) in [4.78, 5) is 0. The van der Waals surface area contributed by atoms with E-state index in [0.717, 1.165) is 37.2 Å². The number of rotatable bonds is 2. The van der Waals surface area contributed by atoms with Crippen LogP contribution in [0.4, 0.5) is 0 Å². The number of fused-ring (bicyclic) bond motifs is 1. The molecule has 0 atom stereocenters. The minimum atomic E-state index is 0.466. The number of aromatic nitrogens is 3. The Morgan fingerprint density at radius 1 is 1.18 bits per heavy atom. The molecule has 0 bridgehead atoms. The molecule has 22 heavy (non-hydrogen) atoms. The lowest BCUT2D eigenvalue weighted by atomic mass is 10.1. The Morgan fingerprint density at radius 3 is 2.82 bits per heavy atom. The third-order valence-electron chi connectivity index (χ3n) is 3.73. The van der Waals surface area contributed by atoms with Crippen molar-refractivity contribution >= 4 is 34.9 Å². The fourth-order valence-corrected chi connectivity index (χ4v) is 2.91. The van der Waals surface area contributed by atoms with Crippen molar-refractivity contribution in [2.75, 3.05) is 0 Å². The van der Waals surface area contributed by atoms with E-state index in [0.29, 0.717) is 21.4 Å². The highest BCUT2D eigenvalue weighted by Gasteiger charge is 2.17. The zero-order valence-corrected chi connectivity index (χ0v) is 13.4. The Hall–Kier alpha value is -1.83. The van der Waals surface area contributed by atoms with E-state index in [1.807, 2.05) is 6.07 Å². The molecule has 1 aromatic carbocycles. The Bertz CT molecular complexity index is 771. The SMILES string of the molecule is N#C/C(=C\c1ccc(Cl)c(Cl)c1)c1nnc2n1CCCCC2. The lowest BCUT2D eigenvalue weighted by Gasteiger charge is -2.06. The minimum absolute atomic E-state index is 0.466. The molecular weight excluding hydrogens is 319 g/mol. The molecular formula is C16H14Cl2N4. The normalized spacial score (nSPS) is 15.0. The van der Waals surface area contributed by atoms with Gasteiger partial charge in [-0.15, -0.1) is 10.2 Å². The molecule has 112 valence electrons. The maximum Gasteiger partial charge on any atom is 0.174 e. The van der Waals surface area contributed by atoms with Crippen LogP contribution in [0.3, 0.4) is 0 Å². The number of allylic oxidation sites excluding steroid dienone is 1. The van der Waals surface area contributed by atoms with Crippen LogP contribution in [0.15, 0.2) is 18.2 Å². The van der Waals surface area contributed by atoms with E-state index in [4.69, 9.17) is 23.2 Å². The van der Waals surface area contributed by atoms with Crippen LogP contribution in [0, 0.1) is 11.3 Å². The summed E-state index contributed by atoms with van der Waals surface area (Å²) in [6.07, 6.45) is 6.07. The quantitative estimate of drug-likeness (QED) is 0.767. The van der Waals surface area contributed by atoms with Gasteiger partial charge in [-0.25, -0.2) is 0 Å². The smallest absolute Gasteiger partial charge is 0.174 e. The summed E-state index contributed by atoms with van der Waals surface area (Å²) in [7, 11) is 0. The van der Waals surface area contributed by atoms with E-state index >= 15 is 0 Å². The Balaban J connectivity index is 2.01. The molecule has 0 amide bonds. The molecule has 2 aromatic rings. The van der Waals surface area contributed by atoms with E-state index in [1.165, 1.54) is 6.42 Å². The highest BCUT2D eigenvalue weighted by molar-refractivity contribution is 6.42. The molecule has 0 radical (unpaired) electrons. The van der Waals surface area contributed by atoms with Gasteiger partial charge in [0.2, 0.25) is 0 Å². The van der Waals surface area contributed by atoms with Gasteiger partial charge in [0.05, 0.1) is 15.6 Å². The van der Waals surface area contributed by atoms with Crippen LogP contribution >= 0.6 is 23.2 Å². The first-order chi connectivity index (χ1) is 10.7. The average molecular weight is 333 g/mol. The van der Waals surface area contributed by atoms with Crippen LogP contribution in [-0.2, 0) is 13.0 Å². The maximum absolute atomic E-state index is 9.50. The van der Waals surface area contributed by atoms with Crippen LogP contribution in [0.1, 0.15) is 36.5 Å². The van der Waals surface area contributed by atoms with E-state index in [1.54, 1.807) is 18.2 Å². The molecule has 0 spiro atoms. The molecule has 6 heteroatoms. The summed E-state index contributed by atoms with van der Waals surface area (Å²) < 4.78 is 2.06. The summed E-state index contributed by atoms with van der Waals surface area (Å²) in [5.41, 5.74) is 1.30. The molecule has 1 aromatic heterocycles. The van der Waals surface area contributed by atoms with E-state index in [2.05, 4.69) is 20.8 Å². The van der Waals surface area contributed by atoms with Crippen LogP contribution < -0.4 is 0 Å². The van der Waals surface area contributed by atoms with E-state index in [-0.39, 0.29) is 0 Å². The third-order valence-corrected chi connectivity index (χ3v) is 4.46. The van der Waals surface area contributed by atoms with Gasteiger partial charge in [-0.1, -0.05) is 35.7 Å². The number of benzene rings is 1. The number of halogens is 2. The number of nitriles is 1. The number of hydrogen-bond acceptors (Lipinski definition) is 3. The fraction of sp³-hybridized carbons (Fsp3) is 0.312. The molecule has 1 aliphatic rings. The molecule has 2 heterocycles. The van der Waals surface area contributed by atoms with E-state index < -0.39 is 0 Å². The number of nitrogens with zero attached hydrogens (tertiary/aromatic N) is 4. The summed E-state index contributed by atoms with van der Waals surface area (Å²) in [6.45, 7) is 0.859. The second kappa shape index (κ2) is 6.51. The zero-order valence-electron chi connectivity index (χ0n) is 11.9. The van der Waals surface area contributed by atoms with Gasteiger partial charge in [-0.05, 0) is 36.6 Å². The van der Waals surface area contributed by atoms with Gasteiger partial charge >= 0.3 is 0 Å². The Kier molecular flexibility index (Phi) is 4.47. The molecule has 3 rings (SSSR count). The summed E-state index contributed by atoms with van der Waals surface area (Å²) >= 11 is 11.9. The van der Waals surface area contributed by atoms with Crippen molar-refractivity contribution in [1.82, 2.24) is 14.8 Å². The van der Waals surface area contributed by atoms with Gasteiger partial charge < -0.3 is 4.57 Å². The first-order valence-electron chi connectivity index (χ1n) is 7.18. The highest BCUT2D eigenvalue weighted by Crippen LogP contribution is 2.26. The van der Waals surface area contributed by atoms with Gasteiger partial charge in [-0.2, -0.15) is 5.26 Å². The summed E-state index contributed by atoms with van der Waals surface area (Å²) in [6, 6.07) is 7.50. The summed E-state index contributed by atoms with van der Waals surface area (Å²) in [5, 5.41) is 18.9. The third kappa shape index (κ3) is 3.01. The van der Waals surface area contributed by atoms with Gasteiger partial charge in [0.25, 0.3) is 0 Å². The van der Waals surface area contributed by atoms with Crippen LogP contribution in [0.5, 0.6) is 0 Å². The molecule has 1 aliphatic heterocycles. The Labute approximate surface area is 139 Å². The molecule has 0 saturated heterocycles. The molecule has 0 unspecified atom stereocenters. The standard InChI is InChI=1S/C16H14Cl2N4/c17-13-6-5-11(9-14(13)18)8-12(10-19)16-21-20-15-4-2-1-3-7-22(15)16/h5-6,8-9H,1-4,7H2/b12-8+. The van der Waals surface area contributed by atoms with Gasteiger partial charge in [0.1, 0.15) is 11.9 Å². The monoisotopic (exact) mass is 332 g/mol. The molecule has 0 fully saturated rings. The lowest BCUT2D eigenvalue weighted by molar-refractivity contribution is 0.627. The molecule has 0 saturated carbocycles. The zero-order chi connectivity index (χ0) is 15.5. The fourth-order valence-electron chi connectivity index (χ4n) is 2.60. The topological polar surface area (TPSA) is 54.5 Å². The first-order valence-corrected chi connectivity index (χ1v) is 7.94. The van der Waals surface area contributed by atoms with Gasteiger partial charge in [-0.3, -0.25) is 0 Å². The van der Waals surface area contributed by atoms with Crippen LogP contribution in [0.2, 0.25) is 10.0 Å². The van der Waals surface area contributed by atoms with Crippen molar-refractivity contribution in [3.05, 3.63) is 45.5 Å². The number of aryl methyl sites for hydroxylation is 1. The molecule has 4 nitrogen and oxygen atoms in total. The predicted octanol–water partition coefficient (Wildman–Crippen LogP) is 4.38. The van der Waals surface area contributed by atoms with Crippen LogP contribution in [-0.4, -0.2) is 14.8 Å². The van der Waals surface area contributed by atoms with Crippen molar-refractivity contribution in [1.29, 1.82) is 5.26 Å². The van der Waals surface area contributed by atoms with Crippen molar-refractivity contribution in [2.45, 2.75) is 32.2 Å². The second-order valence-electron chi connectivity index (χ2n) is 5.25. The van der Waals surface area contributed by atoms with Gasteiger partial charge in [0, 0.05) is 13.0 Å². The Morgan fingerprint density at radius 2 is 2.05 bits per heavy atom. The van der Waals surface area contributed by atoms with E-state index in [9.17, 15) is 5.26 Å². The predicted molar refractivity (Wildman–Crippen MR) is 87.5 cm³/mol. The van der Waals surface area contributed by atoms with Crippen molar-refractivity contribution in [2.24, 2.45) is 0 Å². The van der Waals surface area contributed by atoms with Crippen LogP contribution in [0.25, 0.3) is 11.6 Å².